The molecule has 0 aliphatic heterocycles. The Hall–Kier alpha value is -1.34. The summed E-state index contributed by atoms with van der Waals surface area (Å²) in [5.74, 6) is -0.544. The van der Waals surface area contributed by atoms with E-state index in [9.17, 15) is 4.79 Å². The van der Waals surface area contributed by atoms with Crippen LogP contribution < -0.4 is 11.5 Å². The fourth-order valence-corrected chi connectivity index (χ4v) is 0.668. The van der Waals surface area contributed by atoms with Crippen LogP contribution in [0.4, 0.5) is 4.79 Å². The van der Waals surface area contributed by atoms with Crippen LogP contribution in [0.5, 0.6) is 0 Å². The molecule has 0 aliphatic rings. The molecule has 7 nitrogen and oxygen atoms in total. The maximum absolute atomic E-state index is 11.4. The van der Waals surface area contributed by atoms with Crippen LogP contribution in [-0.2, 0) is 9.57 Å². The van der Waals surface area contributed by atoms with E-state index >= 15 is 0 Å². The average Bonchev–Trinajstić information content (AvgIpc) is 2.00. The van der Waals surface area contributed by atoms with Gasteiger partial charge in [-0.25, -0.2) is 4.79 Å². The largest absolute Gasteiger partial charge is 0.442 e. The monoisotopic (exact) mass is 218 g/mol. The zero-order valence-corrected chi connectivity index (χ0v) is 9.24. The van der Waals surface area contributed by atoms with Crippen molar-refractivity contribution in [2.24, 2.45) is 11.5 Å². The van der Waals surface area contributed by atoms with E-state index in [1.807, 2.05) is 0 Å². The summed E-state index contributed by atoms with van der Waals surface area (Å²) >= 11 is 0. The number of carbonyl (C=O) groups excluding carboxylic acids is 1. The van der Waals surface area contributed by atoms with Gasteiger partial charge in [0, 0.05) is 6.54 Å². The van der Waals surface area contributed by atoms with Crippen LogP contribution in [0.25, 0.3) is 0 Å². The van der Waals surface area contributed by atoms with E-state index in [0.717, 1.165) is 0 Å². The minimum Gasteiger partial charge on any atom is -0.442 e. The first-order valence-corrected chi connectivity index (χ1v) is 4.48. The zero-order valence-electron chi connectivity index (χ0n) is 9.24. The van der Waals surface area contributed by atoms with E-state index in [-0.39, 0.29) is 13.2 Å². The maximum Gasteiger partial charge on any atom is 0.442 e. The molecule has 0 saturated heterocycles. The molecule has 0 heterocycles. The number of nitrogens with one attached hydrogen (secondary N) is 1. The molecule has 0 saturated carbocycles. The molecule has 0 aliphatic carbocycles. The van der Waals surface area contributed by atoms with Crippen LogP contribution in [0.2, 0.25) is 0 Å². The number of rotatable bonds is 3. The maximum atomic E-state index is 11.4. The lowest BCUT2D eigenvalue weighted by molar-refractivity contribution is -0.0981. The molecule has 0 aromatic carbocycles. The van der Waals surface area contributed by atoms with Crippen molar-refractivity contribution in [3.05, 3.63) is 0 Å². The van der Waals surface area contributed by atoms with E-state index in [4.69, 9.17) is 26.5 Å². The van der Waals surface area contributed by atoms with Crippen molar-refractivity contribution in [1.29, 1.82) is 5.41 Å². The Balaban J connectivity index is 4.36. The first kappa shape index (κ1) is 13.7. The van der Waals surface area contributed by atoms with E-state index in [0.29, 0.717) is 5.06 Å². The lowest BCUT2D eigenvalue weighted by atomic mass is 10.2. The average molecular weight is 218 g/mol. The van der Waals surface area contributed by atoms with Gasteiger partial charge >= 0.3 is 6.09 Å². The smallest absolute Gasteiger partial charge is 0.442 e. The Morgan fingerprint density at radius 2 is 2.00 bits per heavy atom. The topological polar surface area (TPSA) is 115 Å². The van der Waals surface area contributed by atoms with Crippen LogP contribution in [0, 0.1) is 5.41 Å². The molecule has 0 unspecified atom stereocenters. The Labute approximate surface area is 88.8 Å². The summed E-state index contributed by atoms with van der Waals surface area (Å²) in [6.45, 7) is 5.40. The molecule has 0 rings (SSSR count). The number of guanidine groups is 1. The van der Waals surface area contributed by atoms with Gasteiger partial charge in [0.05, 0.1) is 6.61 Å². The highest BCUT2D eigenvalue weighted by Gasteiger charge is 2.24. The summed E-state index contributed by atoms with van der Waals surface area (Å²) in [4.78, 5) is 16.3. The predicted octanol–water partition coefficient (Wildman–Crippen LogP) is 0.00727. The van der Waals surface area contributed by atoms with Crippen molar-refractivity contribution < 1.29 is 14.4 Å². The molecular formula is C8H18N4O3. The second-order valence-corrected chi connectivity index (χ2v) is 3.78. The van der Waals surface area contributed by atoms with Gasteiger partial charge in [-0.15, -0.1) is 5.06 Å². The van der Waals surface area contributed by atoms with E-state index in [2.05, 4.69) is 0 Å². The van der Waals surface area contributed by atoms with Gasteiger partial charge < -0.3 is 16.2 Å². The summed E-state index contributed by atoms with van der Waals surface area (Å²) in [6, 6.07) is 0. The van der Waals surface area contributed by atoms with Crippen LogP contribution in [0.15, 0.2) is 0 Å². The highest BCUT2D eigenvalue weighted by molar-refractivity contribution is 5.89. The van der Waals surface area contributed by atoms with Crippen LogP contribution in [-0.4, -0.2) is 35.9 Å². The van der Waals surface area contributed by atoms with Gasteiger partial charge in [-0.2, -0.15) is 0 Å². The third-order valence-electron chi connectivity index (χ3n) is 1.12. The third-order valence-corrected chi connectivity index (χ3v) is 1.12. The molecule has 7 heteroatoms. The molecule has 15 heavy (non-hydrogen) atoms. The molecule has 0 atom stereocenters. The van der Waals surface area contributed by atoms with Crippen molar-refractivity contribution in [2.75, 3.05) is 13.2 Å². The number of ether oxygens (including phenoxy) is 1. The van der Waals surface area contributed by atoms with Gasteiger partial charge in [-0.3, -0.25) is 10.2 Å². The highest BCUT2D eigenvalue weighted by atomic mass is 16.7. The number of amides is 1. The van der Waals surface area contributed by atoms with Crippen LogP contribution in [0.1, 0.15) is 20.8 Å². The molecule has 5 N–H and O–H groups in total. The fraction of sp³-hybridized carbons (Fsp3) is 0.750. The molecule has 0 spiro atoms. The first-order chi connectivity index (χ1) is 6.78. The number of hydroxylamine groups is 2. The summed E-state index contributed by atoms with van der Waals surface area (Å²) in [6.07, 6.45) is -0.830. The van der Waals surface area contributed by atoms with Gasteiger partial charge in [0.2, 0.25) is 5.96 Å². The van der Waals surface area contributed by atoms with Crippen molar-refractivity contribution in [3.63, 3.8) is 0 Å². The molecule has 1 amide bonds. The number of hydrogen-bond donors (Lipinski definition) is 3. The second kappa shape index (κ2) is 5.52. The molecular weight excluding hydrogens is 200 g/mol. The van der Waals surface area contributed by atoms with Crippen LogP contribution >= 0.6 is 0 Å². The lowest BCUT2D eigenvalue weighted by Gasteiger charge is -2.25. The standard InChI is InChI=1S/C8H18N4O3/c1-8(2,3)15-7(13)12(6(10)11)14-5-4-9/h4-5,9H2,1-3H3,(H3,10,11). The summed E-state index contributed by atoms with van der Waals surface area (Å²) in [5, 5.41) is 7.67. The summed E-state index contributed by atoms with van der Waals surface area (Å²) < 4.78 is 4.96. The Morgan fingerprint density at radius 3 is 2.33 bits per heavy atom. The molecule has 0 fully saturated rings. The highest BCUT2D eigenvalue weighted by Crippen LogP contribution is 2.09. The second-order valence-electron chi connectivity index (χ2n) is 3.78. The van der Waals surface area contributed by atoms with Crippen LogP contribution in [0.3, 0.4) is 0 Å². The SMILES string of the molecule is CC(C)(C)OC(=O)N(OCCN)C(=N)N. The van der Waals surface area contributed by atoms with Gasteiger partial charge in [-0.05, 0) is 20.8 Å². The van der Waals surface area contributed by atoms with Gasteiger partial charge in [0.25, 0.3) is 0 Å². The van der Waals surface area contributed by atoms with Crippen molar-refractivity contribution >= 4 is 12.1 Å². The normalized spacial score (nSPS) is 10.9. The van der Waals surface area contributed by atoms with Crippen molar-refractivity contribution in [2.45, 2.75) is 26.4 Å². The zero-order chi connectivity index (χ0) is 12.1. The predicted molar refractivity (Wildman–Crippen MR) is 55.0 cm³/mol. The lowest BCUT2D eigenvalue weighted by Crippen LogP contribution is -2.44. The number of nitrogens with zero attached hydrogens (tertiary/aromatic N) is 1. The van der Waals surface area contributed by atoms with Gasteiger partial charge in [0.15, 0.2) is 0 Å². The minimum absolute atomic E-state index is 0.0822. The molecule has 88 valence electrons. The number of nitrogens with two attached hydrogens (primary N) is 2. The molecule has 0 aromatic heterocycles. The Kier molecular flexibility index (Phi) is 5.03. The molecule has 0 bridgehead atoms. The summed E-state index contributed by atoms with van der Waals surface area (Å²) in [5.41, 5.74) is 9.66. The molecule has 0 aromatic rings. The van der Waals surface area contributed by atoms with E-state index < -0.39 is 17.7 Å². The van der Waals surface area contributed by atoms with Crippen molar-refractivity contribution in [3.8, 4) is 0 Å². The Bertz CT molecular complexity index is 237. The number of carbonyl (C=O) groups is 1. The quantitative estimate of drug-likeness (QED) is 0.350. The third kappa shape index (κ3) is 5.87. The minimum atomic E-state index is -0.830. The fourth-order valence-electron chi connectivity index (χ4n) is 0.668. The first-order valence-electron chi connectivity index (χ1n) is 4.48. The van der Waals surface area contributed by atoms with E-state index in [1.165, 1.54) is 0 Å². The molecule has 0 radical (unpaired) electrons. The van der Waals surface area contributed by atoms with Gasteiger partial charge in [0.1, 0.15) is 5.60 Å². The van der Waals surface area contributed by atoms with Gasteiger partial charge in [-0.1, -0.05) is 0 Å². The van der Waals surface area contributed by atoms with Crippen molar-refractivity contribution in [1.82, 2.24) is 5.06 Å². The Morgan fingerprint density at radius 1 is 1.47 bits per heavy atom. The summed E-state index contributed by atoms with van der Waals surface area (Å²) in [7, 11) is 0. The number of hydrogen-bond acceptors (Lipinski definition) is 5. The van der Waals surface area contributed by atoms with E-state index in [1.54, 1.807) is 20.8 Å².